The van der Waals surface area contributed by atoms with Gasteiger partial charge in [0.15, 0.2) is 6.40 Å². The minimum absolute atomic E-state index is 0.0469. The zero-order chi connectivity index (χ0) is 30.6. The highest BCUT2D eigenvalue weighted by molar-refractivity contribution is 6.11. The van der Waals surface area contributed by atoms with Crippen molar-refractivity contribution in [2.75, 3.05) is 14.2 Å². The van der Waals surface area contributed by atoms with Crippen LogP contribution in [0.5, 0.6) is 0 Å². The van der Waals surface area contributed by atoms with Crippen LogP contribution in [0, 0.1) is 5.82 Å². The fourth-order valence-electron chi connectivity index (χ4n) is 4.53. The number of carbonyl (C=O) groups is 2. The van der Waals surface area contributed by atoms with Crippen molar-refractivity contribution in [3.8, 4) is 22.5 Å². The summed E-state index contributed by atoms with van der Waals surface area (Å²) in [6.45, 7) is 11.7. The number of furan rings is 1. The van der Waals surface area contributed by atoms with E-state index >= 15 is 0 Å². The molecular weight excluding hydrogens is 535 g/mol. The minimum Gasteiger partial charge on any atom is -0.486 e. The van der Waals surface area contributed by atoms with Crippen molar-refractivity contribution in [3.63, 3.8) is 0 Å². The molecule has 0 fully saturated rings. The van der Waals surface area contributed by atoms with Gasteiger partial charge in [-0.15, -0.1) is 0 Å². The van der Waals surface area contributed by atoms with Gasteiger partial charge < -0.3 is 19.8 Å². The largest absolute Gasteiger partial charge is 0.486 e. The van der Waals surface area contributed by atoms with Gasteiger partial charge in [-0.05, 0) is 74.2 Å². The fraction of sp³-hybridized carbons (Fsp3) is 0.273. The van der Waals surface area contributed by atoms with Gasteiger partial charge in [0, 0.05) is 23.7 Å². The van der Waals surface area contributed by atoms with E-state index in [1.54, 1.807) is 44.2 Å². The smallest absolute Gasteiger partial charge is 0.255 e. The second-order valence-corrected chi connectivity index (χ2v) is 10.6. The predicted octanol–water partition coefficient (Wildman–Crippen LogP) is 6.87. The molecule has 0 bridgehead atoms. The quantitative estimate of drug-likeness (QED) is 0.160. The first-order valence-corrected chi connectivity index (χ1v) is 13.6. The Bertz CT molecular complexity index is 1670. The lowest BCUT2D eigenvalue weighted by molar-refractivity contribution is 0.0922. The molecule has 0 aliphatic rings. The van der Waals surface area contributed by atoms with Crippen LogP contribution in [0.4, 0.5) is 4.39 Å². The molecule has 2 amide bonds. The van der Waals surface area contributed by atoms with Crippen LogP contribution in [0.15, 0.2) is 76.3 Å². The average molecular weight is 571 g/mol. The van der Waals surface area contributed by atoms with Crippen LogP contribution in [0.25, 0.3) is 33.6 Å². The Balaban J connectivity index is 1.85. The Morgan fingerprint density at radius 1 is 1.14 bits per heavy atom. The van der Waals surface area contributed by atoms with E-state index in [1.807, 2.05) is 12.1 Å². The Kier molecular flexibility index (Phi) is 8.90. The third-order valence-electron chi connectivity index (χ3n) is 7.25. The number of rotatable bonds is 10. The highest BCUT2D eigenvalue weighted by atomic mass is 19.1. The van der Waals surface area contributed by atoms with E-state index in [0.29, 0.717) is 39.2 Å². The highest BCUT2D eigenvalue weighted by Gasteiger charge is 2.27. The van der Waals surface area contributed by atoms with Crippen LogP contribution in [0.1, 0.15) is 66.4 Å². The van der Waals surface area contributed by atoms with E-state index in [1.165, 1.54) is 32.7 Å². The summed E-state index contributed by atoms with van der Waals surface area (Å²) >= 11 is 0. The van der Waals surface area contributed by atoms with Crippen molar-refractivity contribution in [2.24, 2.45) is 4.99 Å². The van der Waals surface area contributed by atoms with E-state index in [2.05, 4.69) is 36.1 Å². The molecule has 1 unspecified atom stereocenters. The van der Waals surface area contributed by atoms with Crippen molar-refractivity contribution in [1.29, 1.82) is 0 Å². The number of nitrogens with zero attached hydrogens (tertiary/aromatic N) is 2. The van der Waals surface area contributed by atoms with Gasteiger partial charge >= 0.3 is 0 Å². The van der Waals surface area contributed by atoms with Crippen LogP contribution in [-0.2, 0) is 4.74 Å². The molecule has 2 aromatic heterocycles. The predicted molar refractivity (Wildman–Crippen MR) is 163 cm³/mol. The lowest BCUT2D eigenvalue weighted by atomic mass is 9.92. The van der Waals surface area contributed by atoms with E-state index in [-0.39, 0.29) is 17.7 Å². The molecule has 0 saturated carbocycles. The van der Waals surface area contributed by atoms with E-state index < -0.39 is 11.4 Å². The van der Waals surface area contributed by atoms with Gasteiger partial charge in [0.2, 0.25) is 5.71 Å². The summed E-state index contributed by atoms with van der Waals surface area (Å²) in [5.41, 5.74) is 3.49. The number of nitrogens with one attached hydrogen (secondary N) is 2. The summed E-state index contributed by atoms with van der Waals surface area (Å²) in [6.07, 6.45) is 2.07. The summed E-state index contributed by atoms with van der Waals surface area (Å²) in [5, 5.41) is 6.17. The van der Waals surface area contributed by atoms with Gasteiger partial charge in [0.1, 0.15) is 11.6 Å². The maximum absolute atomic E-state index is 13.7. The molecule has 218 valence electrons. The van der Waals surface area contributed by atoms with Gasteiger partial charge in [0.25, 0.3) is 11.8 Å². The van der Waals surface area contributed by atoms with Gasteiger partial charge in [-0.3, -0.25) is 9.59 Å². The molecule has 2 heterocycles. The van der Waals surface area contributed by atoms with Crippen molar-refractivity contribution < 1.29 is 23.1 Å². The highest BCUT2D eigenvalue weighted by Crippen LogP contribution is 2.39. The third kappa shape index (κ3) is 6.10. The van der Waals surface area contributed by atoms with Crippen molar-refractivity contribution in [3.05, 3.63) is 89.5 Å². The molecule has 0 spiro atoms. The molecule has 4 aromatic rings. The van der Waals surface area contributed by atoms with Gasteiger partial charge in [-0.2, -0.15) is 0 Å². The number of pyridine rings is 1. The maximum Gasteiger partial charge on any atom is 0.255 e. The third-order valence-corrected chi connectivity index (χ3v) is 7.25. The Morgan fingerprint density at radius 2 is 1.86 bits per heavy atom. The Morgan fingerprint density at radius 3 is 2.50 bits per heavy atom. The number of benzene rings is 2. The molecule has 8 nitrogen and oxygen atoms in total. The standard InChI is InChI=1S/C33H35FN4O4/c1-8-19(2)28-25(22-10-9-11-23(16-22)30(39)38-33(4,5)20(3)36-18-41-7)17-26-27(31(40)35-6)29(42-32(26)37-28)21-12-14-24(34)15-13-21/h9-19H,3,8H2,1-2,4-7H3,(H,35,40)(H,38,39)/b36-18-. The molecule has 0 saturated heterocycles. The number of methoxy groups -OCH3 is 1. The van der Waals surface area contributed by atoms with Crippen LogP contribution in [0.2, 0.25) is 0 Å². The molecule has 0 radical (unpaired) electrons. The van der Waals surface area contributed by atoms with Crippen molar-refractivity contribution in [1.82, 2.24) is 15.6 Å². The number of amides is 2. The maximum atomic E-state index is 13.7. The number of hydrogen-bond donors (Lipinski definition) is 2. The molecule has 0 aliphatic heterocycles. The fourth-order valence-corrected chi connectivity index (χ4v) is 4.53. The molecule has 2 aromatic carbocycles. The van der Waals surface area contributed by atoms with E-state index in [9.17, 15) is 14.0 Å². The topological polar surface area (TPSA) is 106 Å². The minimum atomic E-state index is -0.833. The number of halogens is 1. The van der Waals surface area contributed by atoms with Crippen LogP contribution < -0.4 is 10.6 Å². The van der Waals surface area contributed by atoms with Crippen LogP contribution in [-0.4, -0.2) is 42.9 Å². The van der Waals surface area contributed by atoms with Crippen molar-refractivity contribution in [2.45, 2.75) is 45.6 Å². The first kappa shape index (κ1) is 30.2. The number of hydrogen-bond acceptors (Lipinski definition) is 6. The van der Waals surface area contributed by atoms with E-state index in [0.717, 1.165) is 23.2 Å². The summed E-state index contributed by atoms with van der Waals surface area (Å²) < 4.78 is 24.7. The van der Waals surface area contributed by atoms with Crippen LogP contribution in [0.3, 0.4) is 0 Å². The van der Waals surface area contributed by atoms with Gasteiger partial charge in [-0.25, -0.2) is 14.4 Å². The SMILES string of the molecule is C=C(/N=C\OC)C(C)(C)NC(=O)c1cccc(-c2cc3c(C(=O)NC)c(-c4ccc(F)cc4)oc3nc2C(C)CC)c1. The number of fused-ring (bicyclic) bond motifs is 1. The van der Waals surface area contributed by atoms with E-state index in [4.69, 9.17) is 14.1 Å². The first-order chi connectivity index (χ1) is 20.0. The lowest BCUT2D eigenvalue weighted by Gasteiger charge is -2.26. The summed E-state index contributed by atoms with van der Waals surface area (Å²) in [5.74, 6) is -0.705. The zero-order valence-electron chi connectivity index (χ0n) is 24.7. The molecule has 9 heteroatoms. The number of carbonyl (C=O) groups excluding carboxylic acids is 2. The number of aromatic nitrogens is 1. The summed E-state index contributed by atoms with van der Waals surface area (Å²) in [6, 6.07) is 14.9. The molecule has 2 N–H and O–H groups in total. The molecule has 1 atom stereocenters. The summed E-state index contributed by atoms with van der Waals surface area (Å²) in [4.78, 5) is 35.5. The Hall–Kier alpha value is -4.79. The van der Waals surface area contributed by atoms with Crippen molar-refractivity contribution >= 4 is 29.3 Å². The molecular formula is C33H35FN4O4. The second-order valence-electron chi connectivity index (χ2n) is 10.6. The zero-order valence-corrected chi connectivity index (χ0v) is 24.7. The molecule has 0 aliphatic carbocycles. The number of ether oxygens (including phenoxy) is 1. The molecule has 42 heavy (non-hydrogen) atoms. The van der Waals surface area contributed by atoms with Gasteiger partial charge in [0.05, 0.1) is 35.0 Å². The second kappa shape index (κ2) is 12.4. The first-order valence-electron chi connectivity index (χ1n) is 13.6. The lowest BCUT2D eigenvalue weighted by Crippen LogP contribution is -2.44. The monoisotopic (exact) mass is 570 g/mol. The summed E-state index contributed by atoms with van der Waals surface area (Å²) in [7, 11) is 3.02. The Labute approximate surface area is 244 Å². The average Bonchev–Trinajstić information content (AvgIpc) is 3.37. The number of aliphatic imine (C=N–C) groups is 1. The van der Waals surface area contributed by atoms with Crippen LogP contribution >= 0.6 is 0 Å². The van der Waals surface area contributed by atoms with Gasteiger partial charge in [-0.1, -0.05) is 32.6 Å². The molecule has 4 rings (SSSR count). The normalized spacial score (nSPS) is 12.4.